The van der Waals surface area contributed by atoms with Crippen molar-refractivity contribution in [3.63, 3.8) is 0 Å². The number of aryl methyl sites for hydroxylation is 1. The number of morpholine rings is 1. The molecule has 1 aliphatic rings. The lowest BCUT2D eigenvalue weighted by Crippen LogP contribution is -2.37. The summed E-state index contributed by atoms with van der Waals surface area (Å²) in [6.45, 7) is 5.32. The maximum Gasteiger partial charge on any atom is 0.319 e. The van der Waals surface area contributed by atoms with Gasteiger partial charge in [-0.1, -0.05) is 17.7 Å². The number of carbonyl (C=O) groups is 1. The van der Waals surface area contributed by atoms with E-state index < -0.39 is 0 Å². The first-order valence-corrected chi connectivity index (χ1v) is 7.97. The SMILES string of the molecule is Cc1ccc(NC(=O)NCc2nccc(N3CCOCC3)n2)cc1. The van der Waals surface area contributed by atoms with Gasteiger partial charge in [0.15, 0.2) is 0 Å². The van der Waals surface area contributed by atoms with E-state index in [9.17, 15) is 4.79 Å². The zero-order chi connectivity index (χ0) is 16.8. The molecule has 1 saturated heterocycles. The largest absolute Gasteiger partial charge is 0.378 e. The van der Waals surface area contributed by atoms with Crippen molar-refractivity contribution in [3.05, 3.63) is 47.9 Å². The van der Waals surface area contributed by atoms with Gasteiger partial charge < -0.3 is 20.3 Å². The molecule has 1 aromatic heterocycles. The summed E-state index contributed by atoms with van der Waals surface area (Å²) in [5.41, 5.74) is 1.90. The summed E-state index contributed by atoms with van der Waals surface area (Å²) in [5, 5.41) is 5.56. The fourth-order valence-electron chi connectivity index (χ4n) is 2.41. The minimum absolute atomic E-state index is 0.274. The molecule has 24 heavy (non-hydrogen) atoms. The van der Waals surface area contributed by atoms with Gasteiger partial charge in [-0.15, -0.1) is 0 Å². The summed E-state index contributed by atoms with van der Waals surface area (Å²) in [5.74, 6) is 1.45. The first-order chi connectivity index (χ1) is 11.7. The molecule has 0 saturated carbocycles. The van der Waals surface area contributed by atoms with Crippen molar-refractivity contribution < 1.29 is 9.53 Å². The standard InChI is InChI=1S/C17H21N5O2/c1-13-2-4-14(5-3-13)20-17(23)19-12-15-18-7-6-16(21-15)22-8-10-24-11-9-22/h2-7H,8-12H2,1H3,(H2,19,20,23). The summed E-state index contributed by atoms with van der Waals surface area (Å²) in [6, 6.07) is 9.23. The maximum absolute atomic E-state index is 12.0. The molecule has 1 fully saturated rings. The van der Waals surface area contributed by atoms with Crippen LogP contribution in [0.4, 0.5) is 16.3 Å². The average molecular weight is 327 g/mol. The number of hydrogen-bond donors (Lipinski definition) is 2. The molecule has 2 aromatic rings. The third-order valence-corrected chi connectivity index (χ3v) is 3.74. The van der Waals surface area contributed by atoms with Crippen LogP contribution >= 0.6 is 0 Å². The van der Waals surface area contributed by atoms with Crippen molar-refractivity contribution in [3.8, 4) is 0 Å². The minimum Gasteiger partial charge on any atom is -0.378 e. The zero-order valence-electron chi connectivity index (χ0n) is 13.7. The average Bonchev–Trinajstić information content (AvgIpc) is 2.63. The number of nitrogens with one attached hydrogen (secondary N) is 2. The molecule has 2 amide bonds. The van der Waals surface area contributed by atoms with Crippen LogP contribution in [0.2, 0.25) is 0 Å². The Bertz CT molecular complexity index is 684. The molecular weight excluding hydrogens is 306 g/mol. The Morgan fingerprint density at radius 2 is 1.96 bits per heavy atom. The molecule has 0 atom stereocenters. The number of aromatic nitrogens is 2. The Balaban J connectivity index is 1.54. The highest BCUT2D eigenvalue weighted by Gasteiger charge is 2.13. The van der Waals surface area contributed by atoms with Gasteiger partial charge in [0.05, 0.1) is 19.8 Å². The van der Waals surface area contributed by atoms with E-state index >= 15 is 0 Å². The van der Waals surface area contributed by atoms with E-state index in [-0.39, 0.29) is 12.6 Å². The number of urea groups is 1. The third kappa shape index (κ3) is 4.42. The van der Waals surface area contributed by atoms with Crippen LogP contribution in [-0.4, -0.2) is 42.3 Å². The van der Waals surface area contributed by atoms with Crippen molar-refractivity contribution in [1.29, 1.82) is 0 Å². The van der Waals surface area contributed by atoms with Gasteiger partial charge in [-0.05, 0) is 25.1 Å². The number of rotatable bonds is 4. The second kappa shape index (κ2) is 7.74. The van der Waals surface area contributed by atoms with Crippen LogP contribution in [0.5, 0.6) is 0 Å². The van der Waals surface area contributed by atoms with Crippen LogP contribution in [0, 0.1) is 6.92 Å². The number of benzene rings is 1. The van der Waals surface area contributed by atoms with Gasteiger partial charge >= 0.3 is 6.03 Å². The molecule has 7 heteroatoms. The molecule has 1 aliphatic heterocycles. The van der Waals surface area contributed by atoms with Gasteiger partial charge in [0.1, 0.15) is 11.6 Å². The second-order valence-electron chi connectivity index (χ2n) is 5.60. The second-order valence-corrected chi connectivity index (χ2v) is 5.60. The molecule has 0 radical (unpaired) electrons. The maximum atomic E-state index is 12.0. The van der Waals surface area contributed by atoms with E-state index in [1.807, 2.05) is 37.3 Å². The summed E-state index contributed by atoms with van der Waals surface area (Å²) in [7, 11) is 0. The van der Waals surface area contributed by atoms with Gasteiger partial charge in [-0.3, -0.25) is 0 Å². The quantitative estimate of drug-likeness (QED) is 0.897. The molecule has 0 aliphatic carbocycles. The highest BCUT2D eigenvalue weighted by Crippen LogP contribution is 2.12. The van der Waals surface area contributed by atoms with Crippen LogP contribution < -0.4 is 15.5 Å². The van der Waals surface area contributed by atoms with Gasteiger partial charge in [-0.25, -0.2) is 14.8 Å². The minimum atomic E-state index is -0.278. The molecule has 0 bridgehead atoms. The lowest BCUT2D eigenvalue weighted by molar-refractivity contribution is 0.122. The fraction of sp³-hybridized carbons (Fsp3) is 0.353. The highest BCUT2D eigenvalue weighted by molar-refractivity contribution is 5.89. The Labute approximate surface area is 141 Å². The van der Waals surface area contributed by atoms with Crippen molar-refractivity contribution in [2.24, 2.45) is 0 Å². The van der Waals surface area contributed by atoms with E-state index in [0.29, 0.717) is 19.0 Å². The van der Waals surface area contributed by atoms with Crippen LogP contribution in [0.3, 0.4) is 0 Å². The van der Waals surface area contributed by atoms with Crippen molar-refractivity contribution in [1.82, 2.24) is 15.3 Å². The van der Waals surface area contributed by atoms with E-state index in [1.54, 1.807) is 6.20 Å². The molecule has 7 nitrogen and oxygen atoms in total. The number of nitrogens with zero attached hydrogens (tertiary/aromatic N) is 3. The monoisotopic (exact) mass is 327 g/mol. The molecule has 3 rings (SSSR count). The molecule has 126 valence electrons. The number of hydrogen-bond acceptors (Lipinski definition) is 5. The lowest BCUT2D eigenvalue weighted by Gasteiger charge is -2.27. The summed E-state index contributed by atoms with van der Waals surface area (Å²) >= 11 is 0. The first kappa shape index (κ1) is 16.2. The molecular formula is C17H21N5O2. The molecule has 0 unspecified atom stereocenters. The molecule has 1 aromatic carbocycles. The van der Waals surface area contributed by atoms with E-state index in [2.05, 4.69) is 25.5 Å². The van der Waals surface area contributed by atoms with E-state index in [1.165, 1.54) is 0 Å². The number of anilines is 2. The Hall–Kier alpha value is -2.67. The predicted octanol–water partition coefficient (Wildman–Crippen LogP) is 1.94. The van der Waals surface area contributed by atoms with Gasteiger partial charge in [-0.2, -0.15) is 0 Å². The Kier molecular flexibility index (Phi) is 5.22. The van der Waals surface area contributed by atoms with Crippen LogP contribution in [0.1, 0.15) is 11.4 Å². The number of ether oxygens (including phenoxy) is 1. The summed E-state index contributed by atoms with van der Waals surface area (Å²) < 4.78 is 5.34. The fourth-order valence-corrected chi connectivity index (χ4v) is 2.41. The molecule has 0 spiro atoms. The smallest absolute Gasteiger partial charge is 0.319 e. The number of carbonyl (C=O) groups excluding carboxylic acids is 1. The van der Waals surface area contributed by atoms with Crippen molar-refractivity contribution >= 4 is 17.5 Å². The summed E-state index contributed by atoms with van der Waals surface area (Å²) in [6.07, 6.45) is 1.71. The Morgan fingerprint density at radius 1 is 1.21 bits per heavy atom. The predicted molar refractivity (Wildman–Crippen MR) is 92.1 cm³/mol. The van der Waals surface area contributed by atoms with E-state index in [4.69, 9.17) is 4.74 Å². The van der Waals surface area contributed by atoms with Crippen LogP contribution in [-0.2, 0) is 11.3 Å². The lowest BCUT2D eigenvalue weighted by atomic mass is 10.2. The number of amides is 2. The highest BCUT2D eigenvalue weighted by atomic mass is 16.5. The summed E-state index contributed by atoms with van der Waals surface area (Å²) in [4.78, 5) is 22.8. The zero-order valence-corrected chi connectivity index (χ0v) is 13.7. The van der Waals surface area contributed by atoms with E-state index in [0.717, 1.165) is 30.2 Å². The van der Waals surface area contributed by atoms with Crippen molar-refractivity contribution in [2.45, 2.75) is 13.5 Å². The molecule has 2 N–H and O–H groups in total. The van der Waals surface area contributed by atoms with Crippen LogP contribution in [0.15, 0.2) is 36.5 Å². The Morgan fingerprint density at radius 3 is 2.71 bits per heavy atom. The van der Waals surface area contributed by atoms with Crippen LogP contribution in [0.25, 0.3) is 0 Å². The van der Waals surface area contributed by atoms with Gasteiger partial charge in [0.25, 0.3) is 0 Å². The topological polar surface area (TPSA) is 79.4 Å². The third-order valence-electron chi connectivity index (χ3n) is 3.74. The normalized spacial score (nSPS) is 14.3. The first-order valence-electron chi connectivity index (χ1n) is 7.97. The van der Waals surface area contributed by atoms with Crippen molar-refractivity contribution in [2.75, 3.05) is 36.5 Å². The molecule has 2 heterocycles. The van der Waals surface area contributed by atoms with Gasteiger partial charge in [0, 0.05) is 25.0 Å². The van der Waals surface area contributed by atoms with Gasteiger partial charge in [0.2, 0.25) is 0 Å².